The van der Waals surface area contributed by atoms with E-state index in [-0.39, 0.29) is 11.4 Å². The van der Waals surface area contributed by atoms with Gasteiger partial charge in [0.25, 0.3) is 5.19 Å². The molecule has 8 heteroatoms. The van der Waals surface area contributed by atoms with E-state index in [1.54, 1.807) is 48.7 Å². The van der Waals surface area contributed by atoms with Crippen molar-refractivity contribution in [2.24, 2.45) is 0 Å². The maximum atomic E-state index is 12.8. The first-order valence-electron chi connectivity index (χ1n) is 9.01. The van der Waals surface area contributed by atoms with Gasteiger partial charge in [-0.2, -0.15) is 0 Å². The smallest absolute Gasteiger partial charge is 0.278 e. The van der Waals surface area contributed by atoms with E-state index in [1.165, 1.54) is 11.3 Å². The highest BCUT2D eigenvalue weighted by Crippen LogP contribution is 2.25. The summed E-state index contributed by atoms with van der Waals surface area (Å²) in [7, 11) is -3.66. The summed E-state index contributed by atoms with van der Waals surface area (Å²) in [4.78, 5) is 4.27. The molecule has 0 aliphatic heterocycles. The molecule has 1 aromatic heterocycles. The Balaban J connectivity index is 1.44. The van der Waals surface area contributed by atoms with Crippen LogP contribution in [0.2, 0.25) is 5.02 Å². The fourth-order valence-corrected chi connectivity index (χ4v) is 4.48. The predicted octanol–water partition coefficient (Wildman–Crippen LogP) is 5.73. The third-order valence-electron chi connectivity index (χ3n) is 4.33. The zero-order valence-corrected chi connectivity index (χ0v) is 18.0. The van der Waals surface area contributed by atoms with Crippen LogP contribution >= 0.6 is 22.9 Å². The quantitative estimate of drug-likeness (QED) is 0.385. The second-order valence-corrected chi connectivity index (χ2v) is 9.46. The number of halogens is 1. The van der Waals surface area contributed by atoms with Crippen LogP contribution in [-0.4, -0.2) is 13.4 Å². The van der Waals surface area contributed by atoms with Crippen molar-refractivity contribution in [3.8, 4) is 22.1 Å². The van der Waals surface area contributed by atoms with Gasteiger partial charge in [0.05, 0.1) is 4.90 Å². The van der Waals surface area contributed by atoms with Crippen LogP contribution in [0.4, 0.5) is 0 Å². The lowest BCUT2D eigenvalue weighted by molar-refractivity contribution is 0.478. The normalized spacial score (nSPS) is 11.4. The van der Waals surface area contributed by atoms with Crippen molar-refractivity contribution in [1.82, 2.24) is 9.71 Å². The van der Waals surface area contributed by atoms with Crippen LogP contribution in [0.15, 0.2) is 89.3 Å². The van der Waals surface area contributed by atoms with Gasteiger partial charge in [-0.1, -0.05) is 59.3 Å². The van der Waals surface area contributed by atoms with Gasteiger partial charge in [-0.15, -0.1) is 0 Å². The van der Waals surface area contributed by atoms with Gasteiger partial charge in [-0.3, -0.25) is 0 Å². The number of rotatable bonds is 7. The molecule has 0 fully saturated rings. The van der Waals surface area contributed by atoms with E-state index in [9.17, 15) is 8.42 Å². The third-order valence-corrected chi connectivity index (χ3v) is 6.63. The summed E-state index contributed by atoms with van der Waals surface area (Å²) in [5.74, 6) is 0.646. The van der Waals surface area contributed by atoms with Crippen LogP contribution in [0.25, 0.3) is 11.1 Å². The largest absolute Gasteiger partial charge is 0.431 e. The Labute approximate surface area is 184 Å². The molecular weight excluding hydrogens is 440 g/mol. The van der Waals surface area contributed by atoms with E-state index in [2.05, 4.69) is 9.71 Å². The molecule has 0 atom stereocenters. The number of nitrogens with zero attached hydrogens (tertiary/aromatic N) is 1. The molecule has 0 saturated heterocycles. The number of hydrogen-bond acceptors (Lipinski definition) is 5. The molecule has 30 heavy (non-hydrogen) atoms. The van der Waals surface area contributed by atoms with Crippen molar-refractivity contribution in [3.05, 3.63) is 95.0 Å². The average Bonchev–Trinajstić information content (AvgIpc) is 3.27. The lowest BCUT2D eigenvalue weighted by Gasteiger charge is -2.09. The van der Waals surface area contributed by atoms with E-state index in [1.807, 2.05) is 35.7 Å². The number of ether oxygens (including phenoxy) is 1. The van der Waals surface area contributed by atoms with Crippen molar-refractivity contribution in [1.29, 1.82) is 0 Å². The molecule has 3 aromatic carbocycles. The van der Waals surface area contributed by atoms with Crippen LogP contribution < -0.4 is 9.46 Å². The zero-order valence-electron chi connectivity index (χ0n) is 15.7. The topological polar surface area (TPSA) is 68.3 Å². The summed E-state index contributed by atoms with van der Waals surface area (Å²) in [6.07, 6.45) is 1.67. The minimum Gasteiger partial charge on any atom is -0.431 e. The highest BCUT2D eigenvalue weighted by molar-refractivity contribution is 7.89. The van der Waals surface area contributed by atoms with Gasteiger partial charge in [0.2, 0.25) is 10.0 Å². The molecule has 0 spiro atoms. The van der Waals surface area contributed by atoms with Gasteiger partial charge in [-0.25, -0.2) is 18.1 Å². The Morgan fingerprint density at radius 3 is 2.43 bits per heavy atom. The van der Waals surface area contributed by atoms with Gasteiger partial charge in [0.1, 0.15) is 5.75 Å². The Morgan fingerprint density at radius 1 is 0.967 bits per heavy atom. The molecule has 0 aliphatic rings. The van der Waals surface area contributed by atoms with E-state index >= 15 is 0 Å². The zero-order chi connectivity index (χ0) is 21.0. The summed E-state index contributed by atoms with van der Waals surface area (Å²) in [5.41, 5.74) is 2.52. The minimum absolute atomic E-state index is 0.172. The fraction of sp³-hybridized carbons (Fsp3) is 0.0455. The standard InChI is InChI=1S/C22H17ClN2O3S2/c23-19-8-6-17(7-9-19)18-2-1-3-21(14-18)30(26,27)25-15-16-4-10-20(11-5-16)28-22-24-12-13-29-22/h1-14,25H,15H2. The second-order valence-electron chi connectivity index (χ2n) is 6.40. The lowest BCUT2D eigenvalue weighted by Crippen LogP contribution is -2.23. The van der Waals surface area contributed by atoms with Gasteiger partial charge in [-0.05, 0) is 53.1 Å². The van der Waals surface area contributed by atoms with E-state index < -0.39 is 10.0 Å². The van der Waals surface area contributed by atoms with Crippen LogP contribution in [0.1, 0.15) is 5.56 Å². The summed E-state index contributed by atoms with van der Waals surface area (Å²) < 4.78 is 33.8. The number of hydrogen-bond donors (Lipinski definition) is 1. The highest BCUT2D eigenvalue weighted by atomic mass is 35.5. The SMILES string of the molecule is O=S(=O)(NCc1ccc(Oc2nccs2)cc1)c1cccc(-c2ccc(Cl)cc2)c1. The first-order chi connectivity index (χ1) is 14.5. The molecule has 0 aliphatic carbocycles. The Bertz CT molecular complexity index is 1220. The van der Waals surface area contributed by atoms with Gasteiger partial charge < -0.3 is 4.74 Å². The predicted molar refractivity (Wildman–Crippen MR) is 120 cm³/mol. The monoisotopic (exact) mass is 456 g/mol. The van der Waals surface area contributed by atoms with Crippen LogP contribution in [0.3, 0.4) is 0 Å². The minimum atomic E-state index is -3.66. The summed E-state index contributed by atoms with van der Waals surface area (Å²) in [5, 5.41) is 3.02. The van der Waals surface area contributed by atoms with Crippen molar-refractivity contribution < 1.29 is 13.2 Å². The molecule has 0 bridgehead atoms. The highest BCUT2D eigenvalue weighted by Gasteiger charge is 2.14. The first-order valence-corrected chi connectivity index (χ1v) is 11.8. The first kappa shape index (κ1) is 20.6. The van der Waals surface area contributed by atoms with Crippen molar-refractivity contribution in [3.63, 3.8) is 0 Å². The van der Waals surface area contributed by atoms with Crippen molar-refractivity contribution in [2.75, 3.05) is 0 Å². The van der Waals surface area contributed by atoms with Crippen molar-refractivity contribution >= 4 is 33.0 Å². The molecule has 4 rings (SSSR count). The maximum Gasteiger partial charge on any atom is 0.278 e. The van der Waals surface area contributed by atoms with Crippen molar-refractivity contribution in [2.45, 2.75) is 11.4 Å². The number of sulfonamides is 1. The molecule has 0 radical (unpaired) electrons. The van der Waals surface area contributed by atoms with Gasteiger partial charge in [0.15, 0.2) is 0 Å². The molecule has 4 aromatic rings. The molecule has 0 unspecified atom stereocenters. The van der Waals surface area contributed by atoms with Gasteiger partial charge >= 0.3 is 0 Å². The molecule has 0 saturated carbocycles. The fourth-order valence-electron chi connectivity index (χ4n) is 2.78. The Hall–Kier alpha value is -2.71. The van der Waals surface area contributed by atoms with E-state index in [0.717, 1.165) is 16.7 Å². The van der Waals surface area contributed by atoms with E-state index in [0.29, 0.717) is 16.0 Å². The van der Waals surface area contributed by atoms with Crippen LogP contribution in [-0.2, 0) is 16.6 Å². The van der Waals surface area contributed by atoms with Gasteiger partial charge in [0, 0.05) is 23.1 Å². The second kappa shape index (κ2) is 8.97. The van der Waals surface area contributed by atoms with E-state index in [4.69, 9.17) is 16.3 Å². The summed E-state index contributed by atoms with van der Waals surface area (Å²) in [6.45, 7) is 0.172. The summed E-state index contributed by atoms with van der Waals surface area (Å²) in [6, 6.07) is 21.3. The molecule has 0 amide bonds. The van der Waals surface area contributed by atoms with Crippen LogP contribution in [0.5, 0.6) is 10.9 Å². The lowest BCUT2D eigenvalue weighted by atomic mass is 10.1. The third kappa shape index (κ3) is 5.06. The molecular formula is C22H17ClN2O3S2. The maximum absolute atomic E-state index is 12.8. The number of nitrogens with one attached hydrogen (secondary N) is 1. The average molecular weight is 457 g/mol. The Morgan fingerprint density at radius 2 is 1.73 bits per heavy atom. The number of aromatic nitrogens is 1. The molecule has 1 heterocycles. The van der Waals surface area contributed by atoms with Crippen LogP contribution in [0, 0.1) is 0 Å². The molecule has 152 valence electrons. The number of thiazole rings is 1. The summed E-state index contributed by atoms with van der Waals surface area (Å²) >= 11 is 7.33. The molecule has 5 nitrogen and oxygen atoms in total. The molecule has 1 N–H and O–H groups in total. The Kier molecular flexibility index (Phi) is 6.15. The number of benzene rings is 3.